The first-order chi connectivity index (χ1) is 16.4. The Kier molecular flexibility index (Phi) is 5.51. The molecule has 166 valence electrons. The standard InChI is InChI=1S/C30H23O3P/c1-20-16-18-22-10-6-8-14-25(22)27(20)29(31)34(33,24-12-4-3-5-13-24)30(32)28-21(2)17-19-23-11-7-9-15-26(23)28/h3-19H,1-2H3. The molecule has 0 saturated heterocycles. The number of benzene rings is 5. The second-order valence-electron chi connectivity index (χ2n) is 8.51. The Hall–Kier alpha value is -3.81. The van der Waals surface area contributed by atoms with Gasteiger partial charge in [0.25, 0.3) is 0 Å². The molecule has 0 aliphatic heterocycles. The van der Waals surface area contributed by atoms with Crippen molar-refractivity contribution < 1.29 is 14.2 Å². The van der Waals surface area contributed by atoms with Gasteiger partial charge < -0.3 is 4.57 Å². The quantitative estimate of drug-likeness (QED) is 0.258. The molecular weight excluding hydrogens is 439 g/mol. The zero-order chi connectivity index (χ0) is 23.9. The largest absolute Gasteiger partial charge is 0.302 e. The molecule has 0 N–H and O–H groups in total. The van der Waals surface area contributed by atoms with Crippen molar-refractivity contribution in [2.24, 2.45) is 0 Å². The summed E-state index contributed by atoms with van der Waals surface area (Å²) in [7, 11) is -4.24. The van der Waals surface area contributed by atoms with Gasteiger partial charge in [-0.3, -0.25) is 9.59 Å². The van der Waals surface area contributed by atoms with Crippen LogP contribution in [-0.4, -0.2) is 11.0 Å². The maximum Gasteiger partial charge on any atom is 0.248 e. The minimum atomic E-state index is -4.24. The molecule has 34 heavy (non-hydrogen) atoms. The molecule has 3 nitrogen and oxygen atoms in total. The summed E-state index contributed by atoms with van der Waals surface area (Å²) in [6.07, 6.45) is 0. The summed E-state index contributed by atoms with van der Waals surface area (Å²) in [5.74, 6) is 0. The van der Waals surface area contributed by atoms with Crippen LogP contribution in [0, 0.1) is 13.8 Å². The SMILES string of the molecule is Cc1ccc2ccccc2c1C(=O)P(=O)(C(=O)c1c(C)ccc2ccccc12)c1ccccc1. The van der Waals surface area contributed by atoms with Crippen LogP contribution < -0.4 is 5.30 Å². The van der Waals surface area contributed by atoms with Crippen LogP contribution in [0.1, 0.15) is 31.8 Å². The van der Waals surface area contributed by atoms with Crippen LogP contribution in [0.2, 0.25) is 0 Å². The first-order valence-electron chi connectivity index (χ1n) is 11.1. The highest BCUT2D eigenvalue weighted by molar-refractivity contribution is 8.01. The van der Waals surface area contributed by atoms with E-state index in [2.05, 4.69) is 0 Å². The van der Waals surface area contributed by atoms with Gasteiger partial charge in [-0.25, -0.2) is 0 Å². The molecule has 0 spiro atoms. The molecule has 0 radical (unpaired) electrons. The summed E-state index contributed by atoms with van der Waals surface area (Å²) in [4.78, 5) is 28.6. The van der Waals surface area contributed by atoms with E-state index in [-0.39, 0.29) is 5.30 Å². The van der Waals surface area contributed by atoms with E-state index in [1.807, 2.05) is 86.6 Å². The number of hydrogen-bond donors (Lipinski definition) is 0. The number of rotatable bonds is 5. The average Bonchev–Trinajstić information content (AvgIpc) is 2.88. The van der Waals surface area contributed by atoms with Gasteiger partial charge in [-0.15, -0.1) is 0 Å². The molecule has 0 unspecified atom stereocenters. The van der Waals surface area contributed by atoms with Gasteiger partial charge in [0, 0.05) is 16.4 Å². The lowest BCUT2D eigenvalue weighted by Gasteiger charge is -2.20. The molecule has 5 aromatic rings. The number of fused-ring (bicyclic) bond motifs is 2. The van der Waals surface area contributed by atoms with Gasteiger partial charge in [0.1, 0.15) is 0 Å². The molecule has 0 aliphatic carbocycles. The van der Waals surface area contributed by atoms with Crippen LogP contribution in [0.15, 0.2) is 103 Å². The highest BCUT2D eigenvalue weighted by Crippen LogP contribution is 2.53. The fourth-order valence-electron chi connectivity index (χ4n) is 4.61. The number of carbonyl (C=O) groups excluding carboxylic acids is 2. The lowest BCUT2D eigenvalue weighted by Crippen LogP contribution is -2.22. The molecule has 5 rings (SSSR count). The maximum atomic E-state index is 14.9. The summed E-state index contributed by atoms with van der Waals surface area (Å²) in [6.45, 7) is 3.64. The Morgan fingerprint density at radius 3 is 1.41 bits per heavy atom. The average molecular weight is 462 g/mol. The topological polar surface area (TPSA) is 51.2 Å². The molecule has 0 fully saturated rings. The smallest absolute Gasteiger partial charge is 0.248 e. The van der Waals surface area contributed by atoms with Gasteiger partial charge in [-0.1, -0.05) is 103 Å². The minimum Gasteiger partial charge on any atom is -0.302 e. The van der Waals surface area contributed by atoms with Crippen molar-refractivity contribution in [1.82, 2.24) is 0 Å². The molecule has 0 aliphatic rings. The predicted molar refractivity (Wildman–Crippen MR) is 140 cm³/mol. The number of carbonyl (C=O) groups is 2. The molecule has 0 atom stereocenters. The molecule has 0 aromatic heterocycles. The van der Waals surface area contributed by atoms with E-state index in [1.165, 1.54) is 0 Å². The van der Waals surface area contributed by atoms with Gasteiger partial charge in [0.05, 0.1) is 0 Å². The second-order valence-corrected chi connectivity index (χ2v) is 11.1. The van der Waals surface area contributed by atoms with Gasteiger partial charge in [0.2, 0.25) is 18.2 Å². The molecular formula is C30H23O3P. The monoisotopic (exact) mass is 462 g/mol. The van der Waals surface area contributed by atoms with Crippen molar-refractivity contribution in [2.75, 3.05) is 0 Å². The molecule has 0 bridgehead atoms. The summed E-state index contributed by atoms with van der Waals surface area (Å²) >= 11 is 0. The van der Waals surface area contributed by atoms with Gasteiger partial charge in [0.15, 0.2) is 0 Å². The molecule has 0 amide bonds. The van der Waals surface area contributed by atoms with Gasteiger partial charge >= 0.3 is 0 Å². The fourth-order valence-corrected chi connectivity index (χ4v) is 7.08. The van der Waals surface area contributed by atoms with Crippen molar-refractivity contribution in [3.05, 3.63) is 125 Å². The number of hydrogen-bond acceptors (Lipinski definition) is 3. The molecule has 4 heteroatoms. The predicted octanol–water partition coefficient (Wildman–Crippen LogP) is 7.28. The van der Waals surface area contributed by atoms with Crippen molar-refractivity contribution in [3.8, 4) is 0 Å². The highest BCUT2D eigenvalue weighted by atomic mass is 31.2. The fraction of sp³-hybridized carbons (Fsp3) is 0.0667. The first-order valence-corrected chi connectivity index (χ1v) is 12.9. The van der Waals surface area contributed by atoms with E-state index in [0.29, 0.717) is 33.0 Å². The Balaban J connectivity index is 1.82. The zero-order valence-electron chi connectivity index (χ0n) is 19.0. The van der Waals surface area contributed by atoms with Gasteiger partial charge in [-0.2, -0.15) is 0 Å². The summed E-state index contributed by atoms with van der Waals surface area (Å²) in [5.41, 5.74) is 0.841. The number of aryl methyl sites for hydroxylation is 2. The van der Waals surface area contributed by atoms with Crippen molar-refractivity contribution >= 4 is 45.0 Å². The van der Waals surface area contributed by atoms with Gasteiger partial charge in [-0.05, 0) is 46.5 Å². The van der Waals surface area contributed by atoms with Crippen molar-refractivity contribution in [3.63, 3.8) is 0 Å². The zero-order valence-corrected chi connectivity index (χ0v) is 19.9. The molecule has 0 heterocycles. The second kappa shape index (κ2) is 8.52. The summed E-state index contributed by atoms with van der Waals surface area (Å²) < 4.78 is 14.9. The van der Waals surface area contributed by atoms with Crippen LogP contribution in [-0.2, 0) is 4.57 Å². The minimum absolute atomic E-state index is 0.254. The van der Waals surface area contributed by atoms with E-state index in [4.69, 9.17) is 0 Å². The van der Waals surface area contributed by atoms with Crippen molar-refractivity contribution in [1.29, 1.82) is 0 Å². The van der Waals surface area contributed by atoms with Crippen LogP contribution in [0.25, 0.3) is 21.5 Å². The maximum absolute atomic E-state index is 14.9. The van der Waals surface area contributed by atoms with Crippen LogP contribution in [0.3, 0.4) is 0 Å². The third-order valence-corrected chi connectivity index (χ3v) is 9.01. The molecule has 5 aromatic carbocycles. The lowest BCUT2D eigenvalue weighted by atomic mass is 10.0. The van der Waals surface area contributed by atoms with E-state index < -0.39 is 18.2 Å². The van der Waals surface area contributed by atoms with E-state index in [0.717, 1.165) is 10.8 Å². The van der Waals surface area contributed by atoms with Crippen LogP contribution in [0.4, 0.5) is 0 Å². The third-order valence-electron chi connectivity index (χ3n) is 6.39. The Morgan fingerprint density at radius 2 is 0.941 bits per heavy atom. The Labute approximate surface area is 198 Å². The summed E-state index contributed by atoms with van der Waals surface area (Å²) in [5, 5.41) is 3.39. The van der Waals surface area contributed by atoms with Crippen molar-refractivity contribution in [2.45, 2.75) is 13.8 Å². The lowest BCUT2D eigenvalue weighted by molar-refractivity contribution is 0.104. The Bertz CT molecular complexity index is 1530. The normalized spacial score (nSPS) is 11.6. The van der Waals surface area contributed by atoms with Crippen LogP contribution >= 0.6 is 7.14 Å². The summed E-state index contributed by atoms with van der Waals surface area (Å²) in [6, 6.07) is 31.0. The van der Waals surface area contributed by atoms with E-state index >= 15 is 0 Å². The Morgan fingerprint density at radius 1 is 0.529 bits per heavy atom. The van der Waals surface area contributed by atoms with Crippen LogP contribution in [0.5, 0.6) is 0 Å². The highest BCUT2D eigenvalue weighted by Gasteiger charge is 2.44. The molecule has 0 saturated carbocycles. The van der Waals surface area contributed by atoms with E-state index in [1.54, 1.807) is 30.3 Å². The first kappa shape index (κ1) is 22.0. The third kappa shape index (κ3) is 3.41. The van der Waals surface area contributed by atoms with E-state index in [9.17, 15) is 14.2 Å².